The molecular formula is C31H34ClN3O5. The first-order valence-corrected chi connectivity index (χ1v) is 13.2. The number of halogens is 1. The summed E-state index contributed by atoms with van der Waals surface area (Å²) in [6, 6.07) is 19.0. The third kappa shape index (κ3) is 8.69. The predicted octanol–water partition coefficient (Wildman–Crippen LogP) is 5.64. The molecule has 40 heavy (non-hydrogen) atoms. The average molecular weight is 564 g/mol. The number of carbonyl (C=O) groups is 3. The lowest BCUT2D eigenvalue weighted by Crippen LogP contribution is -2.50. The molecule has 0 radical (unpaired) electrons. The number of aryl methyl sites for hydroxylation is 1. The van der Waals surface area contributed by atoms with Crippen LogP contribution in [0.2, 0.25) is 5.02 Å². The first-order valence-electron chi connectivity index (χ1n) is 12.8. The number of rotatable bonds is 10. The molecule has 3 rings (SSSR count). The predicted molar refractivity (Wildman–Crippen MR) is 158 cm³/mol. The zero-order valence-corrected chi connectivity index (χ0v) is 23.7. The highest BCUT2D eigenvalue weighted by molar-refractivity contribution is 6.35. The number of alkyl carbamates (subject to hydrolysis) is 1. The third-order valence-electron chi connectivity index (χ3n) is 5.72. The van der Waals surface area contributed by atoms with E-state index in [1.165, 1.54) is 0 Å². The highest BCUT2D eigenvalue weighted by atomic mass is 35.5. The molecule has 0 saturated carbocycles. The molecule has 0 unspecified atom stereocenters. The molecule has 0 spiro atoms. The van der Waals surface area contributed by atoms with Crippen molar-refractivity contribution in [2.24, 2.45) is 0 Å². The van der Waals surface area contributed by atoms with E-state index in [-0.39, 0.29) is 12.3 Å². The van der Waals surface area contributed by atoms with Crippen LogP contribution in [0.5, 0.6) is 0 Å². The Labute approximate surface area is 239 Å². The fraction of sp³-hybridized carbons (Fsp3) is 0.258. The molecule has 9 heteroatoms. The van der Waals surface area contributed by atoms with Crippen LogP contribution in [0, 0.1) is 6.92 Å². The van der Waals surface area contributed by atoms with Gasteiger partial charge in [-0.15, -0.1) is 0 Å². The summed E-state index contributed by atoms with van der Waals surface area (Å²) in [5.74, 6) is -0.677. The van der Waals surface area contributed by atoms with Crippen LogP contribution in [0.3, 0.4) is 0 Å². The van der Waals surface area contributed by atoms with Gasteiger partial charge in [-0.25, -0.2) is 4.79 Å². The number of amides is 2. The molecule has 1 atom stereocenters. The number of benzene rings is 3. The number of aliphatic hydroxyl groups excluding tert-OH is 1. The van der Waals surface area contributed by atoms with Gasteiger partial charge in [0.25, 0.3) is 0 Å². The second kappa shape index (κ2) is 13.8. The first kappa shape index (κ1) is 30.4. The lowest BCUT2D eigenvalue weighted by atomic mass is 9.99. The smallest absolute Gasteiger partial charge is 0.408 e. The number of para-hydroxylation sites is 1. The van der Waals surface area contributed by atoms with Gasteiger partial charge in [-0.05, 0) is 63.1 Å². The van der Waals surface area contributed by atoms with Gasteiger partial charge in [-0.2, -0.15) is 0 Å². The Morgan fingerprint density at radius 3 is 2.38 bits per heavy atom. The van der Waals surface area contributed by atoms with E-state index in [0.717, 1.165) is 16.8 Å². The highest BCUT2D eigenvalue weighted by Gasteiger charge is 2.23. The van der Waals surface area contributed by atoms with Gasteiger partial charge in [0.1, 0.15) is 11.6 Å². The van der Waals surface area contributed by atoms with Crippen LogP contribution in [0.25, 0.3) is 6.08 Å². The van der Waals surface area contributed by atoms with E-state index in [4.69, 9.17) is 16.3 Å². The van der Waals surface area contributed by atoms with Crippen LogP contribution in [0.1, 0.15) is 47.8 Å². The number of aliphatic hydroxyl groups is 1. The summed E-state index contributed by atoms with van der Waals surface area (Å²) in [4.78, 5) is 37.3. The van der Waals surface area contributed by atoms with Gasteiger partial charge in [0, 0.05) is 29.0 Å². The van der Waals surface area contributed by atoms with Crippen LogP contribution < -0.4 is 16.0 Å². The number of hydrogen-bond donors (Lipinski definition) is 4. The van der Waals surface area contributed by atoms with Gasteiger partial charge < -0.3 is 25.8 Å². The Hall–Kier alpha value is -4.14. The van der Waals surface area contributed by atoms with Crippen LogP contribution in [0.15, 0.2) is 72.8 Å². The Balaban J connectivity index is 1.63. The van der Waals surface area contributed by atoms with Gasteiger partial charge in [-0.3, -0.25) is 9.59 Å². The van der Waals surface area contributed by atoms with Crippen LogP contribution in [-0.4, -0.2) is 47.7 Å². The zero-order chi connectivity index (χ0) is 29.3. The highest BCUT2D eigenvalue weighted by Crippen LogP contribution is 2.28. The van der Waals surface area contributed by atoms with Gasteiger partial charge in [0.05, 0.1) is 11.6 Å². The van der Waals surface area contributed by atoms with Crippen molar-refractivity contribution in [1.29, 1.82) is 0 Å². The minimum Gasteiger partial charge on any atom is -0.444 e. The maximum Gasteiger partial charge on any atom is 0.408 e. The Kier molecular flexibility index (Phi) is 10.5. The van der Waals surface area contributed by atoms with Crippen molar-refractivity contribution in [3.8, 4) is 0 Å². The molecule has 0 fully saturated rings. The second-order valence-corrected chi connectivity index (χ2v) is 10.5. The molecule has 3 aromatic carbocycles. The molecular weight excluding hydrogens is 530 g/mol. The maximum absolute atomic E-state index is 13.0. The normalized spacial score (nSPS) is 12.1. The summed E-state index contributed by atoms with van der Waals surface area (Å²) in [7, 11) is 0. The Bertz CT molecular complexity index is 1400. The molecule has 0 aliphatic heterocycles. The molecule has 210 valence electrons. The van der Waals surface area contributed by atoms with Crippen molar-refractivity contribution < 1.29 is 24.2 Å². The summed E-state index contributed by atoms with van der Waals surface area (Å²) < 4.78 is 5.13. The fourth-order valence-corrected chi connectivity index (χ4v) is 4.04. The topological polar surface area (TPSA) is 117 Å². The monoisotopic (exact) mass is 563 g/mol. The Morgan fingerprint density at radius 1 is 1.00 bits per heavy atom. The van der Waals surface area contributed by atoms with E-state index in [2.05, 4.69) is 16.0 Å². The minimum absolute atomic E-state index is 0.134. The molecule has 0 aliphatic carbocycles. The van der Waals surface area contributed by atoms with Crippen molar-refractivity contribution >= 4 is 46.8 Å². The molecule has 0 heterocycles. The summed E-state index contributed by atoms with van der Waals surface area (Å²) in [5.41, 5.74) is 3.54. The van der Waals surface area contributed by atoms with Crippen molar-refractivity contribution in [3.05, 3.63) is 100 Å². The van der Waals surface area contributed by atoms with E-state index in [0.29, 0.717) is 21.8 Å². The number of ketones is 1. The SMILES string of the molecule is Cc1ccccc1C(=O)c1ccc(Nc2ccccc2C=CCNC(=O)[C@@H](CO)NC(=O)OC(C)(C)C)cc1Cl. The van der Waals surface area contributed by atoms with Crippen LogP contribution in [-0.2, 0) is 9.53 Å². The summed E-state index contributed by atoms with van der Waals surface area (Å²) >= 11 is 6.50. The average Bonchev–Trinajstić information content (AvgIpc) is 2.89. The molecule has 3 aromatic rings. The molecule has 2 amide bonds. The minimum atomic E-state index is -1.14. The number of nitrogens with one attached hydrogen (secondary N) is 3. The molecule has 4 N–H and O–H groups in total. The Morgan fingerprint density at radius 2 is 1.70 bits per heavy atom. The largest absolute Gasteiger partial charge is 0.444 e. The van der Waals surface area contributed by atoms with Gasteiger partial charge in [0.2, 0.25) is 5.91 Å². The lowest BCUT2D eigenvalue weighted by molar-refractivity contribution is -0.123. The summed E-state index contributed by atoms with van der Waals surface area (Å²) in [6.07, 6.45) is 2.79. The molecule has 0 bridgehead atoms. The number of anilines is 2. The summed E-state index contributed by atoms with van der Waals surface area (Å²) in [5, 5.41) is 18.2. The van der Waals surface area contributed by atoms with Gasteiger partial charge >= 0.3 is 6.09 Å². The van der Waals surface area contributed by atoms with E-state index in [9.17, 15) is 19.5 Å². The van der Waals surface area contributed by atoms with Crippen molar-refractivity contribution in [2.45, 2.75) is 39.3 Å². The number of ether oxygens (including phenoxy) is 1. The van der Waals surface area contributed by atoms with Crippen LogP contribution >= 0.6 is 11.6 Å². The molecule has 0 saturated heterocycles. The van der Waals surface area contributed by atoms with E-state index in [1.807, 2.05) is 55.5 Å². The maximum atomic E-state index is 13.0. The molecule has 0 aromatic heterocycles. The zero-order valence-electron chi connectivity index (χ0n) is 23.0. The standard InChI is InChI=1S/C31H34ClN3O5/c1-20-10-5-7-13-23(20)28(37)24-16-15-22(18-25(24)32)34-26-14-8-6-11-21(26)12-9-17-33-29(38)27(19-36)35-30(39)40-31(2,3)4/h5-16,18,27,34,36H,17,19H2,1-4H3,(H,33,38)(H,35,39)/t27-/m1/s1. The lowest BCUT2D eigenvalue weighted by Gasteiger charge is -2.22. The first-order chi connectivity index (χ1) is 19.0. The van der Waals surface area contributed by atoms with E-state index < -0.39 is 30.3 Å². The summed E-state index contributed by atoms with van der Waals surface area (Å²) in [6.45, 7) is 6.60. The van der Waals surface area contributed by atoms with Gasteiger partial charge in [-0.1, -0.05) is 66.2 Å². The van der Waals surface area contributed by atoms with Crippen molar-refractivity contribution in [2.75, 3.05) is 18.5 Å². The number of hydrogen-bond acceptors (Lipinski definition) is 6. The quantitative estimate of drug-likeness (QED) is 0.237. The van der Waals surface area contributed by atoms with Crippen molar-refractivity contribution in [3.63, 3.8) is 0 Å². The molecule has 0 aliphatic rings. The second-order valence-electron chi connectivity index (χ2n) is 10.1. The fourth-order valence-electron chi connectivity index (χ4n) is 3.77. The van der Waals surface area contributed by atoms with E-state index in [1.54, 1.807) is 51.1 Å². The van der Waals surface area contributed by atoms with Gasteiger partial charge in [0.15, 0.2) is 5.78 Å². The van der Waals surface area contributed by atoms with Crippen LogP contribution in [0.4, 0.5) is 16.2 Å². The molecule has 8 nitrogen and oxygen atoms in total. The van der Waals surface area contributed by atoms with Crippen molar-refractivity contribution in [1.82, 2.24) is 10.6 Å². The number of carbonyl (C=O) groups excluding carboxylic acids is 3. The third-order valence-corrected chi connectivity index (χ3v) is 6.04. The van der Waals surface area contributed by atoms with E-state index >= 15 is 0 Å².